The van der Waals surface area contributed by atoms with E-state index >= 15 is 0 Å². The van der Waals surface area contributed by atoms with Gasteiger partial charge in [-0.25, -0.2) is 0 Å². The Kier molecular flexibility index (Phi) is 6.07. The maximum Gasteiger partial charge on any atom is 0.420 e. The SMILES string of the molecule is Cc1ccc(C)c(-c2cc(C(F)(F)F)c(N[C@H]3C[C@@H]4CN(C[C@H]5CCOC5)C[C@@H]4C3)nn2)c1. The number of hydrogen-bond acceptors (Lipinski definition) is 5. The van der Waals surface area contributed by atoms with Gasteiger partial charge < -0.3 is 15.0 Å². The topological polar surface area (TPSA) is 50.3 Å². The molecule has 0 unspecified atom stereocenters. The molecule has 5 rings (SSSR count). The third-order valence-electron chi connectivity index (χ3n) is 7.48. The fraction of sp³-hybridized carbons (Fsp3) is 0.600. The van der Waals surface area contributed by atoms with E-state index in [0.717, 1.165) is 69.3 Å². The van der Waals surface area contributed by atoms with Gasteiger partial charge in [-0.3, -0.25) is 0 Å². The van der Waals surface area contributed by atoms with Crippen molar-refractivity contribution in [2.75, 3.05) is 38.2 Å². The first-order valence-corrected chi connectivity index (χ1v) is 11.9. The molecule has 1 N–H and O–H groups in total. The van der Waals surface area contributed by atoms with Gasteiger partial charge >= 0.3 is 6.18 Å². The van der Waals surface area contributed by atoms with E-state index in [0.29, 0.717) is 23.3 Å². The van der Waals surface area contributed by atoms with Crippen molar-refractivity contribution < 1.29 is 17.9 Å². The number of fused-ring (bicyclic) bond motifs is 1. The molecule has 0 amide bonds. The third kappa shape index (κ3) is 4.87. The molecule has 1 aromatic carbocycles. The number of anilines is 1. The fourth-order valence-electron chi connectivity index (χ4n) is 5.81. The normalized spacial score (nSPS) is 27.8. The molecule has 3 aliphatic rings. The van der Waals surface area contributed by atoms with E-state index in [1.54, 1.807) is 0 Å². The maximum absolute atomic E-state index is 13.9. The predicted molar refractivity (Wildman–Crippen MR) is 121 cm³/mol. The number of rotatable bonds is 5. The largest absolute Gasteiger partial charge is 0.420 e. The molecule has 0 bridgehead atoms. The van der Waals surface area contributed by atoms with Gasteiger partial charge in [-0.15, -0.1) is 10.2 Å². The zero-order chi connectivity index (χ0) is 23.2. The molecule has 2 aliphatic heterocycles. The molecule has 3 fully saturated rings. The van der Waals surface area contributed by atoms with E-state index < -0.39 is 11.7 Å². The van der Waals surface area contributed by atoms with Crippen molar-refractivity contribution in [3.05, 3.63) is 41.0 Å². The Hall–Kier alpha value is -2.19. The predicted octanol–water partition coefficient (Wildman–Crippen LogP) is 4.94. The minimum absolute atomic E-state index is 0.00100. The van der Waals surface area contributed by atoms with E-state index in [2.05, 4.69) is 20.4 Å². The number of benzene rings is 1. The summed E-state index contributed by atoms with van der Waals surface area (Å²) in [4.78, 5) is 2.52. The lowest BCUT2D eigenvalue weighted by molar-refractivity contribution is -0.137. The quantitative estimate of drug-likeness (QED) is 0.685. The zero-order valence-corrected chi connectivity index (χ0v) is 19.2. The molecular weight excluding hydrogens is 429 g/mol. The Morgan fingerprint density at radius 1 is 1.09 bits per heavy atom. The van der Waals surface area contributed by atoms with Gasteiger partial charge in [0.25, 0.3) is 0 Å². The highest BCUT2D eigenvalue weighted by atomic mass is 19.4. The summed E-state index contributed by atoms with van der Waals surface area (Å²) >= 11 is 0. The van der Waals surface area contributed by atoms with E-state index in [1.807, 2.05) is 32.0 Å². The highest BCUT2D eigenvalue weighted by Crippen LogP contribution is 2.42. The smallest absolute Gasteiger partial charge is 0.381 e. The van der Waals surface area contributed by atoms with Crippen LogP contribution in [0.5, 0.6) is 0 Å². The second-order valence-corrected chi connectivity index (χ2v) is 10.1. The zero-order valence-electron chi connectivity index (χ0n) is 19.2. The number of ether oxygens (including phenoxy) is 1. The van der Waals surface area contributed by atoms with Gasteiger partial charge in [0, 0.05) is 37.8 Å². The summed E-state index contributed by atoms with van der Waals surface area (Å²) < 4.78 is 47.3. The summed E-state index contributed by atoms with van der Waals surface area (Å²) in [5, 5.41) is 11.3. The van der Waals surface area contributed by atoms with Crippen molar-refractivity contribution in [1.82, 2.24) is 15.1 Å². The molecule has 2 aromatic rings. The summed E-state index contributed by atoms with van der Waals surface area (Å²) in [5.74, 6) is 1.53. The second kappa shape index (κ2) is 8.87. The number of aromatic nitrogens is 2. The Morgan fingerprint density at radius 3 is 2.52 bits per heavy atom. The summed E-state index contributed by atoms with van der Waals surface area (Å²) in [6, 6.07) is 6.82. The second-order valence-electron chi connectivity index (χ2n) is 10.1. The number of nitrogens with zero attached hydrogens (tertiary/aromatic N) is 3. The monoisotopic (exact) mass is 460 g/mol. The standard InChI is InChI=1S/C25H31F3N4O/c1-15-3-4-16(2)21(7-15)23-10-22(25(26,27)28)24(31-30-23)29-20-8-18-12-32(13-19(18)9-20)11-17-5-6-33-14-17/h3-4,7,10,17-20H,5-6,8-9,11-14H2,1-2H3,(H,29,31)/t17-,18-,19+,20+/m1/s1. The molecular formula is C25H31F3N4O. The summed E-state index contributed by atoms with van der Waals surface area (Å²) in [6.45, 7) is 8.64. The minimum atomic E-state index is -4.50. The highest BCUT2D eigenvalue weighted by molar-refractivity contribution is 5.66. The van der Waals surface area contributed by atoms with Crippen LogP contribution in [0.4, 0.5) is 19.0 Å². The van der Waals surface area contributed by atoms with Crippen molar-refractivity contribution in [1.29, 1.82) is 0 Å². The van der Waals surface area contributed by atoms with Crippen molar-refractivity contribution in [2.45, 2.75) is 45.3 Å². The first-order valence-electron chi connectivity index (χ1n) is 11.9. The lowest BCUT2D eigenvalue weighted by atomic mass is 10.0. The molecule has 3 heterocycles. The molecule has 1 aliphatic carbocycles. The molecule has 1 aromatic heterocycles. The molecule has 4 atom stereocenters. The maximum atomic E-state index is 13.9. The van der Waals surface area contributed by atoms with Gasteiger partial charge in [0.1, 0.15) is 5.56 Å². The molecule has 178 valence electrons. The molecule has 5 nitrogen and oxygen atoms in total. The first-order chi connectivity index (χ1) is 15.8. The van der Waals surface area contributed by atoms with Gasteiger partial charge in [-0.1, -0.05) is 17.7 Å². The van der Waals surface area contributed by atoms with Crippen molar-refractivity contribution in [3.63, 3.8) is 0 Å². The van der Waals surface area contributed by atoms with Crippen LogP contribution in [0.1, 0.15) is 36.0 Å². The summed E-state index contributed by atoms with van der Waals surface area (Å²) in [7, 11) is 0. The number of alkyl halides is 3. The Labute approximate surface area is 192 Å². The lowest BCUT2D eigenvalue weighted by Gasteiger charge is -2.23. The van der Waals surface area contributed by atoms with E-state index in [4.69, 9.17) is 4.74 Å². The number of nitrogens with one attached hydrogen (secondary N) is 1. The molecule has 1 saturated carbocycles. The first kappa shape index (κ1) is 22.6. The molecule has 8 heteroatoms. The van der Waals surface area contributed by atoms with Crippen LogP contribution in [0.15, 0.2) is 24.3 Å². The lowest BCUT2D eigenvalue weighted by Crippen LogP contribution is -2.30. The van der Waals surface area contributed by atoms with Crippen LogP contribution in [-0.2, 0) is 10.9 Å². The molecule has 0 spiro atoms. The fourth-order valence-corrected chi connectivity index (χ4v) is 5.81. The molecule has 2 saturated heterocycles. The Balaban J connectivity index is 1.29. The van der Waals surface area contributed by atoms with Crippen molar-refractivity contribution in [3.8, 4) is 11.3 Å². The van der Waals surface area contributed by atoms with Crippen molar-refractivity contribution >= 4 is 5.82 Å². The number of hydrogen-bond donors (Lipinski definition) is 1. The van der Waals surface area contributed by atoms with Crippen LogP contribution >= 0.6 is 0 Å². The summed E-state index contributed by atoms with van der Waals surface area (Å²) in [5.41, 5.74) is 2.04. The van der Waals surface area contributed by atoms with Gasteiger partial charge in [-0.05, 0) is 68.6 Å². The average molecular weight is 461 g/mol. The van der Waals surface area contributed by atoms with Crippen LogP contribution in [0.3, 0.4) is 0 Å². The minimum Gasteiger partial charge on any atom is -0.381 e. The molecule has 33 heavy (non-hydrogen) atoms. The average Bonchev–Trinajstić information content (AvgIpc) is 3.47. The number of halogens is 3. The van der Waals surface area contributed by atoms with Gasteiger partial charge in [-0.2, -0.15) is 13.2 Å². The van der Waals surface area contributed by atoms with Crippen LogP contribution in [-0.4, -0.2) is 54.0 Å². The van der Waals surface area contributed by atoms with Crippen LogP contribution in [0.2, 0.25) is 0 Å². The Morgan fingerprint density at radius 2 is 1.85 bits per heavy atom. The number of likely N-dealkylation sites (tertiary alicyclic amines) is 1. The highest BCUT2D eigenvalue weighted by Gasteiger charge is 2.43. The third-order valence-corrected chi connectivity index (χ3v) is 7.48. The van der Waals surface area contributed by atoms with Gasteiger partial charge in [0.15, 0.2) is 5.82 Å². The van der Waals surface area contributed by atoms with Crippen LogP contribution in [0.25, 0.3) is 11.3 Å². The van der Waals surface area contributed by atoms with Crippen LogP contribution < -0.4 is 5.32 Å². The number of aryl methyl sites for hydroxylation is 2. The van der Waals surface area contributed by atoms with E-state index in [-0.39, 0.29) is 17.6 Å². The molecule has 0 radical (unpaired) electrons. The van der Waals surface area contributed by atoms with Crippen molar-refractivity contribution in [2.24, 2.45) is 17.8 Å². The van der Waals surface area contributed by atoms with Crippen LogP contribution in [0, 0.1) is 31.6 Å². The van der Waals surface area contributed by atoms with E-state index in [9.17, 15) is 13.2 Å². The van der Waals surface area contributed by atoms with Gasteiger partial charge in [0.05, 0.1) is 12.3 Å². The Bertz CT molecular complexity index is 992. The van der Waals surface area contributed by atoms with E-state index in [1.165, 1.54) is 0 Å². The van der Waals surface area contributed by atoms with Gasteiger partial charge in [0.2, 0.25) is 0 Å². The summed E-state index contributed by atoms with van der Waals surface area (Å²) in [6.07, 6.45) is -1.62.